The van der Waals surface area contributed by atoms with Gasteiger partial charge in [-0.15, -0.1) is 0 Å². The van der Waals surface area contributed by atoms with Gasteiger partial charge in [0.25, 0.3) is 0 Å². The topological polar surface area (TPSA) is 41.5 Å². The van der Waals surface area contributed by atoms with Gasteiger partial charge in [0, 0.05) is 12.6 Å². The molecular formula is C19H23NO2. The van der Waals surface area contributed by atoms with Crippen molar-refractivity contribution >= 4 is 0 Å². The Kier molecular flexibility index (Phi) is 5.09. The molecule has 1 aliphatic rings. The monoisotopic (exact) mass is 297 g/mol. The zero-order chi connectivity index (χ0) is 15.2. The van der Waals surface area contributed by atoms with Crippen LogP contribution in [0.2, 0.25) is 0 Å². The van der Waals surface area contributed by atoms with E-state index in [9.17, 15) is 5.11 Å². The minimum absolute atomic E-state index is 0.0966. The minimum Gasteiger partial charge on any atom is -0.457 e. The Morgan fingerprint density at radius 1 is 0.909 bits per heavy atom. The molecule has 1 saturated carbocycles. The molecule has 1 aliphatic carbocycles. The van der Waals surface area contributed by atoms with E-state index in [1.165, 1.54) is 5.56 Å². The molecule has 0 saturated heterocycles. The summed E-state index contributed by atoms with van der Waals surface area (Å²) in [5, 5.41) is 13.1. The highest BCUT2D eigenvalue weighted by atomic mass is 16.5. The smallest absolute Gasteiger partial charge is 0.127 e. The molecule has 0 amide bonds. The number of aliphatic hydroxyl groups is 1. The van der Waals surface area contributed by atoms with E-state index in [1.54, 1.807) is 0 Å². The molecule has 0 atom stereocenters. The predicted octanol–water partition coefficient (Wildman–Crippen LogP) is 3.87. The lowest BCUT2D eigenvalue weighted by molar-refractivity contribution is 0.116. The maximum Gasteiger partial charge on any atom is 0.127 e. The second-order valence-corrected chi connectivity index (χ2v) is 5.95. The lowest BCUT2D eigenvalue weighted by Crippen LogP contribution is -2.34. The fourth-order valence-corrected chi connectivity index (χ4v) is 2.89. The molecular weight excluding hydrogens is 274 g/mol. The van der Waals surface area contributed by atoms with Crippen LogP contribution >= 0.6 is 0 Å². The normalized spacial score (nSPS) is 21.5. The summed E-state index contributed by atoms with van der Waals surface area (Å²) in [6.45, 7) is 0.840. The highest BCUT2D eigenvalue weighted by Gasteiger charge is 2.18. The summed E-state index contributed by atoms with van der Waals surface area (Å²) >= 11 is 0. The third-order valence-corrected chi connectivity index (χ3v) is 4.17. The van der Waals surface area contributed by atoms with Crippen molar-refractivity contribution in [2.24, 2.45) is 0 Å². The number of para-hydroxylation sites is 1. The van der Waals surface area contributed by atoms with Crippen molar-refractivity contribution in [1.29, 1.82) is 0 Å². The fourth-order valence-electron chi connectivity index (χ4n) is 2.89. The first-order chi connectivity index (χ1) is 10.8. The van der Waals surface area contributed by atoms with Gasteiger partial charge in [0.1, 0.15) is 11.5 Å². The zero-order valence-electron chi connectivity index (χ0n) is 12.7. The average molecular weight is 297 g/mol. The average Bonchev–Trinajstić information content (AvgIpc) is 2.56. The Hall–Kier alpha value is -1.84. The molecule has 2 N–H and O–H groups in total. The van der Waals surface area contributed by atoms with Gasteiger partial charge in [-0.05, 0) is 55.5 Å². The van der Waals surface area contributed by atoms with Crippen LogP contribution in [0, 0.1) is 0 Å². The molecule has 116 valence electrons. The molecule has 0 spiro atoms. The molecule has 3 rings (SSSR count). The van der Waals surface area contributed by atoms with E-state index in [0.717, 1.165) is 43.7 Å². The van der Waals surface area contributed by atoms with Crippen LogP contribution in [0.4, 0.5) is 0 Å². The summed E-state index contributed by atoms with van der Waals surface area (Å²) in [5.74, 6) is 1.72. The molecule has 0 aliphatic heterocycles. The van der Waals surface area contributed by atoms with Crippen LogP contribution in [0.15, 0.2) is 54.6 Å². The van der Waals surface area contributed by atoms with E-state index in [4.69, 9.17) is 4.74 Å². The van der Waals surface area contributed by atoms with Gasteiger partial charge in [-0.3, -0.25) is 0 Å². The highest BCUT2D eigenvalue weighted by Crippen LogP contribution is 2.22. The van der Waals surface area contributed by atoms with E-state index in [-0.39, 0.29) is 6.10 Å². The van der Waals surface area contributed by atoms with Crippen LogP contribution < -0.4 is 10.1 Å². The van der Waals surface area contributed by atoms with Crippen molar-refractivity contribution in [3.8, 4) is 11.5 Å². The van der Waals surface area contributed by atoms with Crippen LogP contribution in [0.25, 0.3) is 0 Å². The van der Waals surface area contributed by atoms with Gasteiger partial charge in [0.15, 0.2) is 0 Å². The van der Waals surface area contributed by atoms with Gasteiger partial charge < -0.3 is 15.2 Å². The van der Waals surface area contributed by atoms with Crippen molar-refractivity contribution in [2.75, 3.05) is 0 Å². The molecule has 0 aromatic heterocycles. The maximum atomic E-state index is 9.54. The molecule has 0 radical (unpaired) electrons. The van der Waals surface area contributed by atoms with Gasteiger partial charge in [-0.1, -0.05) is 30.3 Å². The third kappa shape index (κ3) is 4.33. The SMILES string of the molecule is OC1CCC(NCc2cccc(Oc3ccccc3)c2)CC1. The third-order valence-electron chi connectivity index (χ3n) is 4.17. The Bertz CT molecular complexity index is 577. The quantitative estimate of drug-likeness (QED) is 0.880. The minimum atomic E-state index is -0.0966. The molecule has 2 aromatic rings. The Morgan fingerprint density at radius 2 is 1.64 bits per heavy atom. The predicted molar refractivity (Wildman–Crippen MR) is 88.1 cm³/mol. The summed E-state index contributed by atoms with van der Waals surface area (Å²) in [6, 6.07) is 18.6. The van der Waals surface area contributed by atoms with Crippen molar-refractivity contribution in [3.63, 3.8) is 0 Å². The summed E-state index contributed by atoms with van der Waals surface area (Å²) in [5.41, 5.74) is 1.22. The van der Waals surface area contributed by atoms with E-state index in [2.05, 4.69) is 17.4 Å². The first-order valence-electron chi connectivity index (χ1n) is 8.03. The van der Waals surface area contributed by atoms with Crippen LogP contribution in [-0.2, 0) is 6.54 Å². The standard InChI is InChI=1S/C19H23NO2/c21-17-11-9-16(10-12-17)20-14-15-5-4-8-19(13-15)22-18-6-2-1-3-7-18/h1-8,13,16-17,20-21H,9-12,14H2. The zero-order valence-corrected chi connectivity index (χ0v) is 12.7. The Balaban J connectivity index is 1.55. The van der Waals surface area contributed by atoms with Gasteiger partial charge in [-0.25, -0.2) is 0 Å². The van der Waals surface area contributed by atoms with Crippen molar-refractivity contribution in [3.05, 3.63) is 60.2 Å². The van der Waals surface area contributed by atoms with Gasteiger partial charge in [0.05, 0.1) is 6.10 Å². The van der Waals surface area contributed by atoms with E-state index >= 15 is 0 Å². The summed E-state index contributed by atoms with van der Waals surface area (Å²) in [6.07, 6.45) is 3.84. The molecule has 0 heterocycles. The number of hydrogen-bond donors (Lipinski definition) is 2. The molecule has 0 unspecified atom stereocenters. The van der Waals surface area contributed by atoms with E-state index in [0.29, 0.717) is 6.04 Å². The second-order valence-electron chi connectivity index (χ2n) is 5.95. The maximum absolute atomic E-state index is 9.54. The molecule has 22 heavy (non-hydrogen) atoms. The van der Waals surface area contributed by atoms with Crippen LogP contribution in [0.5, 0.6) is 11.5 Å². The number of benzene rings is 2. The Labute approximate surface area is 131 Å². The van der Waals surface area contributed by atoms with Crippen molar-refractivity contribution in [1.82, 2.24) is 5.32 Å². The van der Waals surface area contributed by atoms with E-state index in [1.807, 2.05) is 42.5 Å². The van der Waals surface area contributed by atoms with Gasteiger partial charge in [0.2, 0.25) is 0 Å². The molecule has 0 bridgehead atoms. The largest absolute Gasteiger partial charge is 0.457 e. The summed E-state index contributed by atoms with van der Waals surface area (Å²) in [7, 11) is 0. The number of ether oxygens (including phenoxy) is 1. The lowest BCUT2D eigenvalue weighted by Gasteiger charge is -2.26. The molecule has 3 heteroatoms. The first-order valence-corrected chi connectivity index (χ1v) is 8.03. The van der Waals surface area contributed by atoms with Gasteiger partial charge >= 0.3 is 0 Å². The number of rotatable bonds is 5. The number of aliphatic hydroxyl groups excluding tert-OH is 1. The summed E-state index contributed by atoms with van der Waals surface area (Å²) in [4.78, 5) is 0. The number of hydrogen-bond acceptors (Lipinski definition) is 3. The highest BCUT2D eigenvalue weighted by molar-refractivity contribution is 5.33. The molecule has 3 nitrogen and oxygen atoms in total. The fraction of sp³-hybridized carbons (Fsp3) is 0.368. The van der Waals surface area contributed by atoms with E-state index < -0.39 is 0 Å². The van der Waals surface area contributed by atoms with Crippen molar-refractivity contribution in [2.45, 2.75) is 44.4 Å². The lowest BCUT2D eigenvalue weighted by atomic mass is 9.93. The van der Waals surface area contributed by atoms with Crippen LogP contribution in [0.3, 0.4) is 0 Å². The molecule has 1 fully saturated rings. The van der Waals surface area contributed by atoms with Crippen LogP contribution in [0.1, 0.15) is 31.2 Å². The van der Waals surface area contributed by atoms with Crippen molar-refractivity contribution < 1.29 is 9.84 Å². The molecule has 2 aromatic carbocycles. The van der Waals surface area contributed by atoms with Crippen LogP contribution in [-0.4, -0.2) is 17.3 Å². The number of nitrogens with one attached hydrogen (secondary N) is 1. The second kappa shape index (κ2) is 7.43. The van der Waals surface area contributed by atoms with Gasteiger partial charge in [-0.2, -0.15) is 0 Å². The Morgan fingerprint density at radius 3 is 2.41 bits per heavy atom. The first kappa shape index (κ1) is 15.1. The summed E-state index contributed by atoms with van der Waals surface area (Å²) < 4.78 is 5.86.